The van der Waals surface area contributed by atoms with E-state index >= 15 is 0 Å². The summed E-state index contributed by atoms with van der Waals surface area (Å²) in [6.07, 6.45) is 16.1. The van der Waals surface area contributed by atoms with Gasteiger partial charge in [-0.25, -0.2) is 0 Å². The van der Waals surface area contributed by atoms with Crippen LogP contribution in [0.25, 0.3) is 0 Å². The second kappa shape index (κ2) is 16.9. The van der Waals surface area contributed by atoms with Gasteiger partial charge in [0, 0.05) is 22.8 Å². The molecule has 2 aromatic carbocycles. The van der Waals surface area contributed by atoms with Gasteiger partial charge < -0.3 is 35.7 Å². The zero-order chi connectivity index (χ0) is 29.1. The Morgan fingerprint density at radius 1 is 0.610 bits per heavy atom. The van der Waals surface area contributed by atoms with E-state index in [4.69, 9.17) is 14.2 Å². The maximum absolute atomic E-state index is 13.6. The van der Waals surface area contributed by atoms with Crippen molar-refractivity contribution in [3.63, 3.8) is 0 Å². The summed E-state index contributed by atoms with van der Waals surface area (Å²) in [7, 11) is 9.01. The fourth-order valence-electron chi connectivity index (χ4n) is 5.84. The minimum Gasteiger partial charge on any atom is -1.00 e. The van der Waals surface area contributed by atoms with Gasteiger partial charge in [-0.05, 0) is 31.0 Å². The molecular formula is C34H50BrNO5. The predicted octanol–water partition coefficient (Wildman–Crippen LogP) is 4.77. The van der Waals surface area contributed by atoms with Crippen LogP contribution in [0.2, 0.25) is 0 Å². The Labute approximate surface area is 258 Å². The molecule has 7 heteroatoms. The Balaban J connectivity index is 0.00000588. The fraction of sp³-hybridized carbons (Fsp3) is 0.588. The Morgan fingerprint density at radius 2 is 1.10 bits per heavy atom. The molecule has 0 aliphatic heterocycles. The van der Waals surface area contributed by atoms with Gasteiger partial charge in [0.15, 0.2) is 5.78 Å². The average Bonchev–Trinajstić information content (AvgIpc) is 2.94. The summed E-state index contributed by atoms with van der Waals surface area (Å²) < 4.78 is 17.3. The summed E-state index contributed by atoms with van der Waals surface area (Å²) in [6.45, 7) is 4.07. The van der Waals surface area contributed by atoms with Crippen molar-refractivity contribution in [3.8, 4) is 17.2 Å². The van der Waals surface area contributed by atoms with E-state index in [1.165, 1.54) is 91.3 Å². The predicted molar refractivity (Wildman–Crippen MR) is 161 cm³/mol. The molecule has 0 saturated heterocycles. The highest BCUT2D eigenvalue weighted by molar-refractivity contribution is 6.30. The van der Waals surface area contributed by atoms with E-state index in [1.54, 1.807) is 19.2 Å². The summed E-state index contributed by atoms with van der Waals surface area (Å²) in [5, 5.41) is 0. The number of ketones is 2. The summed E-state index contributed by atoms with van der Waals surface area (Å²) in [4.78, 5) is 27.2. The summed E-state index contributed by atoms with van der Waals surface area (Å²) in [6, 6.07) is 7.03. The summed E-state index contributed by atoms with van der Waals surface area (Å²) in [5.74, 6) is 0.749. The first-order valence-corrected chi connectivity index (χ1v) is 15.1. The molecule has 0 amide bonds. The van der Waals surface area contributed by atoms with Gasteiger partial charge in [-0.15, -0.1) is 0 Å². The highest BCUT2D eigenvalue weighted by atomic mass is 79.9. The molecule has 0 unspecified atom stereocenters. The second-order valence-electron chi connectivity index (χ2n) is 11.8. The van der Waals surface area contributed by atoms with E-state index in [0.717, 1.165) is 23.1 Å². The standard InChI is InChI=1S/C34H50NO5.BrH/c1-7-8-9-10-11-12-13-14-15-16-17-18-19-35(2,3)24-25-20-27-31(29(21-25)39-5)34(37)32-28(33(27)36)22-26(38-4)23-30(32)40-6;/h20-23H,7-19,24H2,1-6H3;1H/q+1;/p-1. The number of hydrogen-bond acceptors (Lipinski definition) is 5. The fourth-order valence-corrected chi connectivity index (χ4v) is 5.84. The third kappa shape index (κ3) is 9.31. The Bertz CT molecular complexity index is 1160. The topological polar surface area (TPSA) is 61.8 Å². The lowest BCUT2D eigenvalue weighted by atomic mass is 9.82. The smallest absolute Gasteiger partial charge is 0.201 e. The number of fused-ring (bicyclic) bond motifs is 2. The highest BCUT2D eigenvalue weighted by Crippen LogP contribution is 2.40. The van der Waals surface area contributed by atoms with E-state index in [1.807, 2.05) is 12.1 Å². The van der Waals surface area contributed by atoms with Crippen molar-refractivity contribution in [1.82, 2.24) is 0 Å². The third-order valence-corrected chi connectivity index (χ3v) is 8.08. The lowest BCUT2D eigenvalue weighted by Crippen LogP contribution is -3.00. The number of hydrogen-bond donors (Lipinski definition) is 0. The molecule has 0 saturated carbocycles. The first kappa shape index (κ1) is 34.8. The number of unbranched alkanes of at least 4 members (excludes halogenated alkanes) is 11. The van der Waals surface area contributed by atoms with Gasteiger partial charge in [-0.2, -0.15) is 0 Å². The molecule has 0 fully saturated rings. The van der Waals surface area contributed by atoms with Crippen LogP contribution in [0.5, 0.6) is 17.2 Å². The molecule has 0 N–H and O–H groups in total. The van der Waals surface area contributed by atoms with Crippen LogP contribution in [0.1, 0.15) is 121 Å². The van der Waals surface area contributed by atoms with Gasteiger partial charge in [-0.3, -0.25) is 9.59 Å². The van der Waals surface area contributed by atoms with Crippen LogP contribution in [0.3, 0.4) is 0 Å². The lowest BCUT2D eigenvalue weighted by Gasteiger charge is -2.31. The number of quaternary nitrogens is 1. The quantitative estimate of drug-likeness (QED) is 0.150. The van der Waals surface area contributed by atoms with E-state index < -0.39 is 0 Å². The molecule has 0 atom stereocenters. The van der Waals surface area contributed by atoms with Crippen molar-refractivity contribution in [2.24, 2.45) is 0 Å². The van der Waals surface area contributed by atoms with Crippen molar-refractivity contribution in [1.29, 1.82) is 0 Å². The Hall–Kier alpha value is -2.38. The van der Waals surface area contributed by atoms with Gasteiger partial charge in [0.05, 0.1) is 53.1 Å². The minimum absolute atomic E-state index is 0. The molecule has 0 heterocycles. The molecule has 2 aromatic rings. The highest BCUT2D eigenvalue weighted by Gasteiger charge is 2.36. The van der Waals surface area contributed by atoms with Crippen molar-refractivity contribution in [3.05, 3.63) is 52.1 Å². The van der Waals surface area contributed by atoms with Crippen molar-refractivity contribution >= 4 is 11.6 Å². The number of carbonyl (C=O) groups is 2. The number of benzene rings is 2. The molecule has 0 bridgehead atoms. The van der Waals surface area contributed by atoms with Gasteiger partial charge >= 0.3 is 0 Å². The van der Waals surface area contributed by atoms with Gasteiger partial charge in [0.2, 0.25) is 5.78 Å². The van der Waals surface area contributed by atoms with Crippen LogP contribution in [0.15, 0.2) is 24.3 Å². The van der Waals surface area contributed by atoms with E-state index in [9.17, 15) is 9.59 Å². The summed E-state index contributed by atoms with van der Waals surface area (Å²) in [5.41, 5.74) is 2.23. The van der Waals surface area contributed by atoms with Crippen LogP contribution >= 0.6 is 0 Å². The SMILES string of the molecule is CCCCCCCCCCCCCC[N+](C)(C)Cc1cc(OC)c2c(c1)C(=O)c1cc(OC)cc(OC)c1C2=O.[Br-]. The first-order chi connectivity index (χ1) is 19.3. The molecule has 0 radical (unpaired) electrons. The maximum atomic E-state index is 13.6. The van der Waals surface area contributed by atoms with Gasteiger partial charge in [0.25, 0.3) is 0 Å². The third-order valence-electron chi connectivity index (χ3n) is 8.08. The number of halogens is 1. The van der Waals surface area contributed by atoms with Gasteiger partial charge in [-0.1, -0.05) is 71.1 Å². The molecule has 0 spiro atoms. The average molecular weight is 633 g/mol. The van der Waals surface area contributed by atoms with Crippen LogP contribution in [0.4, 0.5) is 0 Å². The zero-order valence-corrected chi connectivity index (χ0v) is 27.7. The van der Waals surface area contributed by atoms with Crippen molar-refractivity contribution < 1.29 is 45.3 Å². The van der Waals surface area contributed by atoms with E-state index in [0.29, 0.717) is 33.9 Å². The number of rotatable bonds is 18. The second-order valence-corrected chi connectivity index (χ2v) is 11.8. The van der Waals surface area contributed by atoms with Gasteiger partial charge in [0.1, 0.15) is 23.8 Å². The van der Waals surface area contributed by atoms with E-state index in [2.05, 4.69) is 21.0 Å². The number of nitrogens with zero attached hydrogens (tertiary/aromatic N) is 1. The molecule has 1 aliphatic rings. The molecule has 41 heavy (non-hydrogen) atoms. The molecule has 6 nitrogen and oxygen atoms in total. The molecule has 3 rings (SSSR count). The van der Waals surface area contributed by atoms with E-state index in [-0.39, 0.29) is 34.1 Å². The summed E-state index contributed by atoms with van der Waals surface area (Å²) >= 11 is 0. The number of carbonyl (C=O) groups excluding carboxylic acids is 2. The van der Waals surface area contributed by atoms with Crippen molar-refractivity contribution in [2.45, 2.75) is 90.5 Å². The number of ether oxygens (including phenoxy) is 3. The molecule has 0 aromatic heterocycles. The molecular weight excluding hydrogens is 582 g/mol. The van der Waals surface area contributed by atoms with Crippen LogP contribution in [0, 0.1) is 0 Å². The lowest BCUT2D eigenvalue weighted by molar-refractivity contribution is -0.903. The first-order valence-electron chi connectivity index (χ1n) is 15.1. The van der Waals surface area contributed by atoms with Crippen LogP contribution in [-0.2, 0) is 6.54 Å². The van der Waals surface area contributed by atoms with Crippen molar-refractivity contribution in [2.75, 3.05) is 42.0 Å². The zero-order valence-electron chi connectivity index (χ0n) is 26.1. The largest absolute Gasteiger partial charge is 1.00 e. The minimum atomic E-state index is -0.266. The van der Waals surface area contributed by atoms with Crippen LogP contribution < -0.4 is 31.2 Å². The Morgan fingerprint density at radius 3 is 1.61 bits per heavy atom. The molecule has 228 valence electrons. The normalized spacial score (nSPS) is 12.4. The molecule has 1 aliphatic carbocycles. The maximum Gasteiger partial charge on any atom is 0.201 e. The Kier molecular flexibility index (Phi) is 14.4. The van der Waals surface area contributed by atoms with Crippen LogP contribution in [-0.4, -0.2) is 58.0 Å². The monoisotopic (exact) mass is 631 g/mol. The number of methoxy groups -OCH3 is 3.